The molecule has 3 heteroatoms. The Kier molecular flexibility index (Phi) is 4.80. The number of ether oxygens (including phenoxy) is 1. The molecule has 0 bridgehead atoms. The second-order valence-electron chi connectivity index (χ2n) is 5.98. The van der Waals surface area contributed by atoms with Gasteiger partial charge in [-0.15, -0.1) is 0 Å². The third-order valence-corrected chi connectivity index (χ3v) is 4.41. The minimum atomic E-state index is 0.568. The highest BCUT2D eigenvalue weighted by Crippen LogP contribution is 2.23. The van der Waals surface area contributed by atoms with Crippen LogP contribution in [0.1, 0.15) is 38.5 Å². The molecule has 2 aliphatic heterocycles. The molecule has 0 spiro atoms. The van der Waals surface area contributed by atoms with E-state index in [1.165, 1.54) is 56.6 Å². The summed E-state index contributed by atoms with van der Waals surface area (Å²) in [6.45, 7) is 4.25. The molecule has 2 heterocycles. The van der Waals surface area contributed by atoms with E-state index in [4.69, 9.17) is 4.74 Å². The first-order valence-electron chi connectivity index (χ1n) is 8.11. The zero-order valence-corrected chi connectivity index (χ0v) is 12.3. The van der Waals surface area contributed by atoms with Crippen LogP contribution in [0.2, 0.25) is 0 Å². The Bertz CT molecular complexity index is 390. The van der Waals surface area contributed by atoms with E-state index in [1.807, 2.05) is 0 Å². The summed E-state index contributed by atoms with van der Waals surface area (Å²) in [5, 5.41) is 3.65. The zero-order valence-electron chi connectivity index (χ0n) is 12.3. The SMILES string of the molecule is c1cc(N2CCCCC2)ccc1NC1CCCOCC1. The fraction of sp³-hybridized carbons (Fsp3) is 0.647. The van der Waals surface area contributed by atoms with Crippen molar-refractivity contribution in [3.8, 4) is 0 Å². The van der Waals surface area contributed by atoms with Crippen LogP contribution >= 0.6 is 0 Å². The van der Waals surface area contributed by atoms with Crippen molar-refractivity contribution >= 4 is 11.4 Å². The highest BCUT2D eigenvalue weighted by Gasteiger charge is 2.13. The van der Waals surface area contributed by atoms with E-state index < -0.39 is 0 Å². The Morgan fingerprint density at radius 3 is 2.50 bits per heavy atom. The average molecular weight is 274 g/mol. The van der Waals surface area contributed by atoms with Crippen molar-refractivity contribution < 1.29 is 4.74 Å². The van der Waals surface area contributed by atoms with Crippen molar-refractivity contribution in [3.05, 3.63) is 24.3 Å². The minimum Gasteiger partial charge on any atom is -0.382 e. The highest BCUT2D eigenvalue weighted by molar-refractivity contribution is 5.55. The zero-order chi connectivity index (χ0) is 13.6. The van der Waals surface area contributed by atoms with Crippen LogP contribution in [0.15, 0.2) is 24.3 Å². The lowest BCUT2D eigenvalue weighted by molar-refractivity contribution is 0.144. The first kappa shape index (κ1) is 13.7. The van der Waals surface area contributed by atoms with E-state index in [9.17, 15) is 0 Å². The van der Waals surface area contributed by atoms with Crippen LogP contribution in [0.3, 0.4) is 0 Å². The predicted octanol–water partition coefficient (Wildman–Crippen LogP) is 3.66. The summed E-state index contributed by atoms with van der Waals surface area (Å²) < 4.78 is 5.51. The average Bonchev–Trinajstić information content (AvgIpc) is 2.78. The van der Waals surface area contributed by atoms with Crippen molar-refractivity contribution in [2.24, 2.45) is 0 Å². The van der Waals surface area contributed by atoms with Gasteiger partial charge in [-0.05, 0) is 62.8 Å². The summed E-state index contributed by atoms with van der Waals surface area (Å²) in [5.41, 5.74) is 2.62. The maximum Gasteiger partial charge on any atom is 0.0485 e. The summed E-state index contributed by atoms with van der Waals surface area (Å²) >= 11 is 0. The van der Waals surface area contributed by atoms with Crippen LogP contribution in [0.5, 0.6) is 0 Å². The fourth-order valence-corrected chi connectivity index (χ4v) is 3.20. The molecule has 1 unspecified atom stereocenters. The van der Waals surface area contributed by atoms with E-state index in [1.54, 1.807) is 0 Å². The van der Waals surface area contributed by atoms with Gasteiger partial charge in [0.05, 0.1) is 0 Å². The van der Waals surface area contributed by atoms with Crippen LogP contribution in [-0.2, 0) is 4.74 Å². The van der Waals surface area contributed by atoms with Crippen LogP contribution < -0.4 is 10.2 Å². The summed E-state index contributed by atoms with van der Waals surface area (Å²) in [6, 6.07) is 9.56. The molecule has 0 saturated carbocycles. The van der Waals surface area contributed by atoms with Gasteiger partial charge in [0.2, 0.25) is 0 Å². The van der Waals surface area contributed by atoms with E-state index in [2.05, 4.69) is 34.5 Å². The summed E-state index contributed by atoms with van der Waals surface area (Å²) in [5.74, 6) is 0. The van der Waals surface area contributed by atoms with Gasteiger partial charge in [0, 0.05) is 43.7 Å². The van der Waals surface area contributed by atoms with Gasteiger partial charge in [-0.2, -0.15) is 0 Å². The number of hydrogen-bond donors (Lipinski definition) is 1. The van der Waals surface area contributed by atoms with Crippen molar-refractivity contribution in [2.45, 2.75) is 44.6 Å². The summed E-state index contributed by atoms with van der Waals surface area (Å²) in [7, 11) is 0. The van der Waals surface area contributed by atoms with Gasteiger partial charge in [-0.3, -0.25) is 0 Å². The quantitative estimate of drug-likeness (QED) is 0.910. The minimum absolute atomic E-state index is 0.568. The molecule has 3 nitrogen and oxygen atoms in total. The first-order chi connectivity index (χ1) is 9.92. The number of benzene rings is 1. The maximum absolute atomic E-state index is 5.51. The van der Waals surface area contributed by atoms with Gasteiger partial charge in [0.15, 0.2) is 0 Å². The predicted molar refractivity (Wildman–Crippen MR) is 84.6 cm³/mol. The van der Waals surface area contributed by atoms with Gasteiger partial charge in [-0.1, -0.05) is 0 Å². The van der Waals surface area contributed by atoms with Gasteiger partial charge < -0.3 is 15.0 Å². The topological polar surface area (TPSA) is 24.5 Å². The second kappa shape index (κ2) is 6.98. The van der Waals surface area contributed by atoms with Crippen molar-refractivity contribution in [2.75, 3.05) is 36.5 Å². The van der Waals surface area contributed by atoms with Gasteiger partial charge in [0.25, 0.3) is 0 Å². The Labute approximate surface area is 122 Å². The summed E-state index contributed by atoms with van der Waals surface area (Å²) in [4.78, 5) is 2.51. The first-order valence-corrected chi connectivity index (χ1v) is 8.11. The molecule has 1 N–H and O–H groups in total. The summed E-state index contributed by atoms with van der Waals surface area (Å²) in [6.07, 6.45) is 7.56. The number of nitrogens with zero attached hydrogens (tertiary/aromatic N) is 1. The van der Waals surface area contributed by atoms with Crippen LogP contribution in [-0.4, -0.2) is 32.3 Å². The smallest absolute Gasteiger partial charge is 0.0485 e. The van der Waals surface area contributed by atoms with E-state index >= 15 is 0 Å². The molecule has 2 saturated heterocycles. The van der Waals surface area contributed by atoms with Crippen LogP contribution in [0, 0.1) is 0 Å². The molecule has 1 atom stereocenters. The maximum atomic E-state index is 5.51. The molecule has 20 heavy (non-hydrogen) atoms. The largest absolute Gasteiger partial charge is 0.382 e. The van der Waals surface area contributed by atoms with Crippen molar-refractivity contribution in [1.82, 2.24) is 0 Å². The van der Waals surface area contributed by atoms with Gasteiger partial charge >= 0.3 is 0 Å². The third kappa shape index (κ3) is 3.66. The fourth-order valence-electron chi connectivity index (χ4n) is 3.20. The van der Waals surface area contributed by atoms with Crippen LogP contribution in [0.25, 0.3) is 0 Å². The molecular weight excluding hydrogens is 248 g/mol. The molecule has 110 valence electrons. The number of anilines is 2. The third-order valence-electron chi connectivity index (χ3n) is 4.41. The number of piperidine rings is 1. The van der Waals surface area contributed by atoms with Gasteiger partial charge in [0.1, 0.15) is 0 Å². The molecule has 2 fully saturated rings. The Balaban J connectivity index is 1.57. The molecular formula is C17H26N2O. The molecule has 0 aromatic heterocycles. The molecule has 0 amide bonds. The lowest BCUT2D eigenvalue weighted by Crippen LogP contribution is -2.29. The van der Waals surface area contributed by atoms with Crippen LogP contribution in [0.4, 0.5) is 11.4 Å². The lowest BCUT2D eigenvalue weighted by Gasteiger charge is -2.29. The van der Waals surface area contributed by atoms with Crippen molar-refractivity contribution in [1.29, 1.82) is 0 Å². The molecule has 3 rings (SSSR count). The molecule has 1 aromatic rings. The highest BCUT2D eigenvalue weighted by atomic mass is 16.5. The Morgan fingerprint density at radius 1 is 0.900 bits per heavy atom. The molecule has 1 aromatic carbocycles. The number of hydrogen-bond acceptors (Lipinski definition) is 3. The normalized spacial score (nSPS) is 24.2. The standard InChI is InChI=1S/C17H26N2O/c1-2-11-19(12-3-1)17-8-6-16(7-9-17)18-15-5-4-13-20-14-10-15/h6-9,15,18H,1-5,10-14H2. The molecule has 0 radical (unpaired) electrons. The number of rotatable bonds is 3. The van der Waals surface area contributed by atoms with E-state index in [0.29, 0.717) is 6.04 Å². The van der Waals surface area contributed by atoms with E-state index in [0.717, 1.165) is 19.6 Å². The Morgan fingerprint density at radius 2 is 1.70 bits per heavy atom. The lowest BCUT2D eigenvalue weighted by atomic mass is 10.1. The number of nitrogens with one attached hydrogen (secondary N) is 1. The second-order valence-corrected chi connectivity index (χ2v) is 5.98. The molecule has 2 aliphatic rings. The monoisotopic (exact) mass is 274 g/mol. The Hall–Kier alpha value is -1.22. The van der Waals surface area contributed by atoms with E-state index in [-0.39, 0.29) is 0 Å². The molecule has 0 aliphatic carbocycles. The van der Waals surface area contributed by atoms with Gasteiger partial charge in [-0.25, -0.2) is 0 Å². The van der Waals surface area contributed by atoms with Crippen molar-refractivity contribution in [3.63, 3.8) is 0 Å².